The van der Waals surface area contributed by atoms with Gasteiger partial charge in [-0.25, -0.2) is 0 Å². The van der Waals surface area contributed by atoms with Crippen molar-refractivity contribution < 1.29 is 0 Å². The molecule has 28 heavy (non-hydrogen) atoms. The number of aromatic amines is 1. The lowest BCUT2D eigenvalue weighted by Crippen LogP contribution is -2.48. The lowest BCUT2D eigenvalue weighted by Gasteiger charge is -2.31. The van der Waals surface area contributed by atoms with Crippen LogP contribution in [0.3, 0.4) is 0 Å². The van der Waals surface area contributed by atoms with E-state index in [0.717, 1.165) is 34.3 Å². The molecule has 0 aliphatic carbocycles. The molecule has 0 aliphatic heterocycles. The number of hydrogen-bond donors (Lipinski definition) is 2. The van der Waals surface area contributed by atoms with Crippen molar-refractivity contribution in [1.82, 2.24) is 20.2 Å². The Morgan fingerprint density at radius 2 is 2.04 bits per heavy atom. The molecule has 3 aromatic rings. The Balaban J connectivity index is 1.82. The summed E-state index contributed by atoms with van der Waals surface area (Å²) in [6.45, 7) is 9.92. The number of benzene rings is 1. The van der Waals surface area contributed by atoms with Gasteiger partial charge in [0.25, 0.3) is 0 Å². The Morgan fingerprint density at radius 1 is 1.25 bits per heavy atom. The summed E-state index contributed by atoms with van der Waals surface area (Å²) in [5.74, 6) is 0. The number of thiocarbonyl (C=S) groups is 1. The van der Waals surface area contributed by atoms with Gasteiger partial charge in [-0.2, -0.15) is 0 Å². The summed E-state index contributed by atoms with van der Waals surface area (Å²) in [5.41, 5.74) is 4.47. The monoisotopic (exact) mass is 414 g/mol. The van der Waals surface area contributed by atoms with E-state index in [1.54, 1.807) is 0 Å². The first-order valence-corrected chi connectivity index (χ1v) is 10.3. The molecule has 6 heteroatoms. The Labute approximate surface area is 177 Å². The molecule has 2 aromatic heterocycles. The van der Waals surface area contributed by atoms with Crippen LogP contribution in [0, 0.1) is 6.92 Å². The van der Waals surface area contributed by atoms with Crippen LogP contribution >= 0.6 is 23.8 Å². The third kappa shape index (κ3) is 5.24. The molecule has 3 rings (SSSR count). The smallest absolute Gasteiger partial charge is 0.169 e. The number of halogens is 1. The second-order valence-corrected chi connectivity index (χ2v) is 8.91. The van der Waals surface area contributed by atoms with Crippen LogP contribution in [0.2, 0.25) is 5.02 Å². The van der Waals surface area contributed by atoms with Crippen molar-refractivity contribution in [1.29, 1.82) is 0 Å². The SMILES string of the molecule is Cc1[nH]c2ccc(Cl)cc2c1CCN(Cc1ccccn1)C(=S)NC(C)(C)C. The van der Waals surface area contributed by atoms with Crippen LogP contribution < -0.4 is 5.32 Å². The fourth-order valence-corrected chi connectivity index (χ4v) is 3.90. The Hall–Kier alpha value is -2.11. The summed E-state index contributed by atoms with van der Waals surface area (Å²) in [5, 5.41) is 6.11. The molecule has 0 spiro atoms. The number of H-pyrrole nitrogens is 1. The van der Waals surface area contributed by atoms with Gasteiger partial charge >= 0.3 is 0 Å². The quantitative estimate of drug-likeness (QED) is 0.560. The van der Waals surface area contributed by atoms with Gasteiger partial charge < -0.3 is 15.2 Å². The first-order chi connectivity index (χ1) is 13.2. The molecule has 0 saturated carbocycles. The van der Waals surface area contributed by atoms with Crippen molar-refractivity contribution in [2.75, 3.05) is 6.54 Å². The summed E-state index contributed by atoms with van der Waals surface area (Å²) in [7, 11) is 0. The molecule has 0 saturated heterocycles. The molecule has 0 bridgehead atoms. The molecule has 2 heterocycles. The topological polar surface area (TPSA) is 44.0 Å². The zero-order valence-electron chi connectivity index (χ0n) is 16.8. The summed E-state index contributed by atoms with van der Waals surface area (Å²) in [6, 6.07) is 11.9. The molecule has 4 nitrogen and oxygen atoms in total. The van der Waals surface area contributed by atoms with Crippen LogP contribution in [0.15, 0.2) is 42.6 Å². The predicted octanol–water partition coefficient (Wildman–Crippen LogP) is 5.24. The standard InChI is InChI=1S/C22H27ClN4S/c1-15-18(19-13-16(23)8-9-20(19)25-15)10-12-27(21(28)26-22(2,3)4)14-17-7-5-6-11-24-17/h5-9,11,13,25H,10,12,14H2,1-4H3,(H,26,28). The number of nitrogens with one attached hydrogen (secondary N) is 2. The molecule has 0 atom stereocenters. The maximum Gasteiger partial charge on any atom is 0.169 e. The van der Waals surface area contributed by atoms with E-state index in [-0.39, 0.29) is 5.54 Å². The number of nitrogens with zero attached hydrogens (tertiary/aromatic N) is 2. The zero-order chi connectivity index (χ0) is 20.3. The highest BCUT2D eigenvalue weighted by molar-refractivity contribution is 7.80. The highest BCUT2D eigenvalue weighted by atomic mass is 35.5. The number of rotatable bonds is 5. The highest BCUT2D eigenvalue weighted by Crippen LogP contribution is 2.26. The van der Waals surface area contributed by atoms with Crippen LogP contribution in [-0.2, 0) is 13.0 Å². The number of hydrogen-bond acceptors (Lipinski definition) is 2. The molecule has 0 radical (unpaired) electrons. The fourth-order valence-electron chi connectivity index (χ4n) is 3.26. The van der Waals surface area contributed by atoms with Crippen molar-refractivity contribution in [2.45, 2.75) is 46.2 Å². The van der Waals surface area contributed by atoms with E-state index in [4.69, 9.17) is 23.8 Å². The van der Waals surface area contributed by atoms with Crippen LogP contribution in [-0.4, -0.2) is 32.1 Å². The Kier molecular flexibility index (Phi) is 6.26. The van der Waals surface area contributed by atoms with E-state index >= 15 is 0 Å². The summed E-state index contributed by atoms with van der Waals surface area (Å²) < 4.78 is 0. The van der Waals surface area contributed by atoms with Gasteiger partial charge in [0.05, 0.1) is 12.2 Å². The van der Waals surface area contributed by atoms with Crippen molar-refractivity contribution >= 4 is 39.8 Å². The average Bonchev–Trinajstić information content (AvgIpc) is 2.92. The van der Waals surface area contributed by atoms with E-state index in [0.29, 0.717) is 6.54 Å². The van der Waals surface area contributed by atoms with Gasteiger partial charge in [-0.05, 0) is 82.2 Å². The molecule has 0 fully saturated rings. The third-order valence-corrected chi connectivity index (χ3v) is 5.16. The number of aryl methyl sites for hydroxylation is 1. The predicted molar refractivity (Wildman–Crippen MR) is 122 cm³/mol. The number of pyridine rings is 1. The van der Waals surface area contributed by atoms with Gasteiger partial charge in [-0.1, -0.05) is 17.7 Å². The van der Waals surface area contributed by atoms with Crippen LogP contribution in [0.4, 0.5) is 0 Å². The average molecular weight is 415 g/mol. The minimum atomic E-state index is -0.0936. The van der Waals surface area contributed by atoms with E-state index in [1.165, 1.54) is 16.6 Å². The lowest BCUT2D eigenvalue weighted by molar-refractivity contribution is 0.381. The minimum Gasteiger partial charge on any atom is -0.358 e. The highest BCUT2D eigenvalue weighted by Gasteiger charge is 2.18. The van der Waals surface area contributed by atoms with Crippen molar-refractivity contribution in [3.8, 4) is 0 Å². The molecule has 0 amide bonds. The molecule has 0 unspecified atom stereocenters. The van der Waals surface area contributed by atoms with Crippen molar-refractivity contribution in [2.24, 2.45) is 0 Å². The summed E-state index contributed by atoms with van der Waals surface area (Å²) in [6.07, 6.45) is 2.69. The largest absolute Gasteiger partial charge is 0.358 e. The minimum absolute atomic E-state index is 0.0936. The molecule has 2 N–H and O–H groups in total. The van der Waals surface area contributed by atoms with Gasteiger partial charge in [0.15, 0.2) is 5.11 Å². The van der Waals surface area contributed by atoms with Crippen LogP contribution in [0.5, 0.6) is 0 Å². The maximum absolute atomic E-state index is 6.23. The normalized spacial score (nSPS) is 11.6. The second kappa shape index (κ2) is 8.50. The van der Waals surface area contributed by atoms with Crippen molar-refractivity contribution in [3.05, 3.63) is 64.6 Å². The molecular formula is C22H27ClN4S. The van der Waals surface area contributed by atoms with E-state index in [9.17, 15) is 0 Å². The van der Waals surface area contributed by atoms with Crippen LogP contribution in [0.25, 0.3) is 10.9 Å². The van der Waals surface area contributed by atoms with Gasteiger partial charge in [0.1, 0.15) is 0 Å². The molecule has 148 valence electrons. The first-order valence-electron chi connectivity index (χ1n) is 9.46. The number of aromatic nitrogens is 2. The molecular weight excluding hydrogens is 388 g/mol. The second-order valence-electron chi connectivity index (χ2n) is 8.09. The first kappa shape index (κ1) is 20.6. The number of fused-ring (bicyclic) bond motifs is 1. The summed E-state index contributed by atoms with van der Waals surface area (Å²) >= 11 is 12.0. The van der Waals surface area contributed by atoms with Gasteiger partial charge in [0.2, 0.25) is 0 Å². The maximum atomic E-state index is 6.23. The Bertz CT molecular complexity index is 960. The van der Waals surface area contributed by atoms with Crippen molar-refractivity contribution in [3.63, 3.8) is 0 Å². The molecule has 0 aliphatic rings. The van der Waals surface area contributed by atoms with Crippen LogP contribution in [0.1, 0.15) is 37.7 Å². The Morgan fingerprint density at radius 3 is 2.71 bits per heavy atom. The van der Waals surface area contributed by atoms with Gasteiger partial charge in [-0.15, -0.1) is 0 Å². The van der Waals surface area contributed by atoms with E-state index < -0.39 is 0 Å². The van der Waals surface area contributed by atoms with E-state index in [2.05, 4.69) is 47.9 Å². The summed E-state index contributed by atoms with van der Waals surface area (Å²) in [4.78, 5) is 10.1. The fraction of sp³-hybridized carbons (Fsp3) is 0.364. The zero-order valence-corrected chi connectivity index (χ0v) is 18.4. The lowest BCUT2D eigenvalue weighted by atomic mass is 10.1. The van der Waals surface area contributed by atoms with Gasteiger partial charge in [0, 0.05) is 39.9 Å². The third-order valence-electron chi connectivity index (χ3n) is 4.56. The van der Waals surface area contributed by atoms with Gasteiger partial charge in [-0.3, -0.25) is 4.98 Å². The van der Waals surface area contributed by atoms with E-state index in [1.807, 2.05) is 42.6 Å². The molecule has 1 aromatic carbocycles.